The number of fused-ring (bicyclic) bond motifs is 6. The predicted octanol–water partition coefficient (Wildman–Crippen LogP) is 6.62. The third-order valence-corrected chi connectivity index (χ3v) is 8.95. The number of benzene rings is 3. The molecule has 4 atom stereocenters. The van der Waals surface area contributed by atoms with E-state index in [1.807, 2.05) is 100 Å². The number of allylic oxidation sites excluding steroid dienone is 1. The van der Waals surface area contributed by atoms with Crippen LogP contribution in [0, 0.1) is 11.3 Å². The number of nitrogens with one attached hydrogen (secondary N) is 1. The van der Waals surface area contributed by atoms with Gasteiger partial charge in [0.05, 0.1) is 12.0 Å². The number of aryl methyl sites for hydroxylation is 1. The molecule has 0 bridgehead atoms. The Morgan fingerprint density at radius 1 is 0.950 bits per heavy atom. The van der Waals surface area contributed by atoms with Gasteiger partial charge in [0, 0.05) is 27.9 Å². The van der Waals surface area contributed by atoms with E-state index in [-0.39, 0.29) is 17.5 Å². The fourth-order valence-corrected chi connectivity index (χ4v) is 7.13. The zero-order valence-electron chi connectivity index (χ0n) is 23.8. The Bertz CT molecular complexity index is 1560. The first-order chi connectivity index (χ1) is 19.1. The largest absolute Gasteiger partial charge is 0.352 e. The van der Waals surface area contributed by atoms with E-state index in [4.69, 9.17) is 0 Å². The Morgan fingerprint density at radius 3 is 2.33 bits per heavy atom. The van der Waals surface area contributed by atoms with Crippen molar-refractivity contribution < 1.29 is 14.4 Å². The maximum Gasteiger partial charge on any atom is 0.238 e. The van der Waals surface area contributed by atoms with Gasteiger partial charge in [-0.25, -0.2) is 0 Å². The molecule has 3 aliphatic heterocycles. The molecule has 6 rings (SSSR count). The van der Waals surface area contributed by atoms with Gasteiger partial charge < -0.3 is 10.2 Å². The molecule has 3 heterocycles. The number of nitrogens with zero attached hydrogens (tertiary/aromatic N) is 1. The lowest BCUT2D eigenvalue weighted by Gasteiger charge is -2.39. The number of hydrogen-bond acceptors (Lipinski definition) is 4. The van der Waals surface area contributed by atoms with E-state index in [1.165, 1.54) is 0 Å². The van der Waals surface area contributed by atoms with Crippen molar-refractivity contribution >= 4 is 34.4 Å². The zero-order valence-corrected chi connectivity index (χ0v) is 23.8. The molecule has 1 saturated heterocycles. The third kappa shape index (κ3) is 3.63. The van der Waals surface area contributed by atoms with Crippen LogP contribution in [0.2, 0.25) is 0 Å². The highest BCUT2D eigenvalue weighted by atomic mass is 16.2. The smallest absolute Gasteiger partial charge is 0.238 e. The van der Waals surface area contributed by atoms with Crippen molar-refractivity contribution in [3.05, 3.63) is 101 Å². The summed E-state index contributed by atoms with van der Waals surface area (Å²) in [5.41, 5.74) is 4.12. The summed E-state index contributed by atoms with van der Waals surface area (Å²) in [6.45, 7) is 9.87. The first-order valence-corrected chi connectivity index (χ1v) is 14.2. The van der Waals surface area contributed by atoms with Gasteiger partial charge in [0.15, 0.2) is 11.6 Å². The average Bonchev–Trinajstić information content (AvgIpc) is 3.40. The lowest BCUT2D eigenvalue weighted by Crippen LogP contribution is -2.51. The number of amides is 1. The van der Waals surface area contributed by atoms with E-state index in [0.29, 0.717) is 11.3 Å². The molecule has 3 aromatic rings. The summed E-state index contributed by atoms with van der Waals surface area (Å²) in [6, 6.07) is 22.0. The van der Waals surface area contributed by atoms with E-state index < -0.39 is 28.8 Å². The minimum atomic E-state index is -1.27. The van der Waals surface area contributed by atoms with Gasteiger partial charge in [0.25, 0.3) is 0 Å². The molecule has 3 aliphatic rings. The van der Waals surface area contributed by atoms with Gasteiger partial charge in [-0.2, -0.15) is 0 Å². The van der Waals surface area contributed by atoms with Crippen LogP contribution in [0.25, 0.3) is 5.57 Å². The minimum absolute atomic E-state index is 0.0461. The maximum atomic E-state index is 14.8. The van der Waals surface area contributed by atoms with E-state index in [0.717, 1.165) is 40.8 Å². The van der Waals surface area contributed by atoms with E-state index in [9.17, 15) is 14.4 Å². The number of Topliss-reactive ketones (excluding diaryl/α,β-unsaturated/α-hetero) is 2. The summed E-state index contributed by atoms with van der Waals surface area (Å²) in [5.74, 6) is -1.36. The first kappa shape index (κ1) is 26.2. The molecule has 0 aliphatic carbocycles. The molecular formula is C35H36N2O3. The van der Waals surface area contributed by atoms with Gasteiger partial charge in [-0.15, -0.1) is 0 Å². The van der Waals surface area contributed by atoms with Crippen LogP contribution in [0.15, 0.2) is 78.9 Å². The van der Waals surface area contributed by atoms with Gasteiger partial charge in [0.2, 0.25) is 5.91 Å². The van der Waals surface area contributed by atoms with Crippen molar-refractivity contribution in [3.63, 3.8) is 0 Å². The van der Waals surface area contributed by atoms with E-state index >= 15 is 0 Å². The van der Waals surface area contributed by atoms with Crippen LogP contribution in [-0.2, 0) is 21.4 Å². The topological polar surface area (TPSA) is 66.5 Å². The summed E-state index contributed by atoms with van der Waals surface area (Å²) < 4.78 is 0. The number of carbonyl (C=O) groups excluding carboxylic acids is 3. The molecule has 0 unspecified atom stereocenters. The van der Waals surface area contributed by atoms with Crippen LogP contribution < -0.4 is 10.2 Å². The SMILES string of the molecule is CCCc1ccc(C(=O)[C@@H]2[C@H](C(=O)C(C)(C)C)N3c4ccccc4C(C)=C[C@H]3[C@]23C(=O)Nc2ccccc23)cc1. The van der Waals surface area contributed by atoms with Crippen LogP contribution in [0.5, 0.6) is 0 Å². The van der Waals surface area contributed by atoms with Gasteiger partial charge in [-0.3, -0.25) is 14.4 Å². The molecule has 5 heteroatoms. The van der Waals surface area contributed by atoms with E-state index in [1.54, 1.807) is 0 Å². The number of para-hydroxylation sites is 2. The van der Waals surface area contributed by atoms with Gasteiger partial charge in [-0.05, 0) is 42.2 Å². The zero-order chi connectivity index (χ0) is 28.4. The number of ketones is 2. The molecular weight excluding hydrogens is 496 g/mol. The third-order valence-electron chi connectivity index (χ3n) is 8.95. The fourth-order valence-electron chi connectivity index (χ4n) is 7.13. The second kappa shape index (κ2) is 9.29. The standard InChI is InChI=1S/C35H36N2O3/c1-6-11-22-16-18-23(19-17-22)31(38)29-30(32(39)34(3,4)5)37-27-15-10-7-12-24(27)21(2)20-28(37)35(29)25-13-8-9-14-26(25)36-33(35)40/h7-10,12-20,28-30H,6,11H2,1-5H3,(H,36,40)/t28-,29-,30+,35-/m0/s1. The Kier molecular flexibility index (Phi) is 6.10. The second-order valence-corrected chi connectivity index (χ2v) is 12.4. The Balaban J connectivity index is 1.66. The van der Waals surface area contributed by atoms with Crippen LogP contribution in [0.1, 0.15) is 68.1 Å². The number of anilines is 2. The monoisotopic (exact) mass is 532 g/mol. The van der Waals surface area contributed by atoms with Crippen molar-refractivity contribution in [2.75, 3.05) is 10.2 Å². The fraction of sp³-hybridized carbons (Fsp3) is 0.343. The Hall–Kier alpha value is -3.99. The minimum Gasteiger partial charge on any atom is -0.352 e. The van der Waals surface area contributed by atoms with E-state index in [2.05, 4.69) is 23.2 Å². The van der Waals surface area contributed by atoms with Gasteiger partial charge >= 0.3 is 0 Å². The molecule has 5 nitrogen and oxygen atoms in total. The predicted molar refractivity (Wildman–Crippen MR) is 160 cm³/mol. The molecule has 1 amide bonds. The maximum absolute atomic E-state index is 14.8. The summed E-state index contributed by atoms with van der Waals surface area (Å²) in [5, 5.41) is 3.10. The summed E-state index contributed by atoms with van der Waals surface area (Å²) >= 11 is 0. The van der Waals surface area contributed by atoms with Crippen molar-refractivity contribution in [1.82, 2.24) is 0 Å². The molecule has 0 aromatic heterocycles. The Morgan fingerprint density at radius 2 is 1.62 bits per heavy atom. The highest BCUT2D eigenvalue weighted by Crippen LogP contribution is 2.59. The molecule has 0 saturated carbocycles. The normalized spacial score (nSPS) is 24.7. The molecule has 0 radical (unpaired) electrons. The summed E-state index contributed by atoms with van der Waals surface area (Å²) in [4.78, 5) is 45.8. The quantitative estimate of drug-likeness (QED) is 0.375. The molecule has 1 fully saturated rings. The first-order valence-electron chi connectivity index (χ1n) is 14.2. The molecule has 1 N–H and O–H groups in total. The van der Waals surface area contributed by atoms with Crippen molar-refractivity contribution in [1.29, 1.82) is 0 Å². The number of rotatable bonds is 5. The van der Waals surface area contributed by atoms with Gasteiger partial charge in [-0.1, -0.05) is 101 Å². The lowest BCUT2D eigenvalue weighted by atomic mass is 9.63. The lowest BCUT2D eigenvalue weighted by molar-refractivity contribution is -0.128. The van der Waals surface area contributed by atoms with Crippen molar-refractivity contribution in [3.8, 4) is 0 Å². The average molecular weight is 533 g/mol. The van der Waals surface area contributed by atoms with Crippen LogP contribution in [-0.4, -0.2) is 29.6 Å². The van der Waals surface area contributed by atoms with Crippen LogP contribution in [0.3, 0.4) is 0 Å². The van der Waals surface area contributed by atoms with Crippen molar-refractivity contribution in [2.45, 2.75) is 65.0 Å². The van der Waals surface area contributed by atoms with Crippen molar-refractivity contribution in [2.24, 2.45) is 11.3 Å². The highest BCUT2D eigenvalue weighted by Gasteiger charge is 2.71. The molecule has 3 aromatic carbocycles. The number of hydrogen-bond donors (Lipinski definition) is 1. The molecule has 204 valence electrons. The summed E-state index contributed by atoms with van der Waals surface area (Å²) in [7, 11) is 0. The number of carbonyl (C=O) groups is 3. The van der Waals surface area contributed by atoms with Gasteiger partial charge in [0.1, 0.15) is 11.5 Å². The highest BCUT2D eigenvalue weighted by molar-refractivity contribution is 6.17. The van der Waals surface area contributed by atoms with Crippen LogP contribution in [0.4, 0.5) is 11.4 Å². The van der Waals surface area contributed by atoms with Crippen LogP contribution >= 0.6 is 0 Å². The molecule has 1 spiro atoms. The second-order valence-electron chi connectivity index (χ2n) is 12.4. The Labute approximate surface area is 236 Å². The summed E-state index contributed by atoms with van der Waals surface area (Å²) in [6.07, 6.45) is 4.05. The molecule has 40 heavy (non-hydrogen) atoms.